The molecule has 2 amide bonds. The van der Waals surface area contributed by atoms with E-state index in [1.54, 1.807) is 0 Å². The van der Waals surface area contributed by atoms with Crippen molar-refractivity contribution in [1.82, 2.24) is 9.80 Å². The molecule has 130 valence electrons. The minimum absolute atomic E-state index is 0.0147. The molecule has 1 saturated carbocycles. The number of likely N-dealkylation sites (tertiary alicyclic amines) is 1. The average Bonchev–Trinajstić information content (AvgIpc) is 3.45. The molecule has 0 N–H and O–H groups in total. The van der Waals surface area contributed by atoms with Crippen molar-refractivity contribution in [1.29, 1.82) is 0 Å². The smallest absolute Gasteiger partial charge is 0.226 e. The summed E-state index contributed by atoms with van der Waals surface area (Å²) in [5, 5.41) is 0.702. The summed E-state index contributed by atoms with van der Waals surface area (Å²) < 4.78 is 0. The second kappa shape index (κ2) is 7.14. The van der Waals surface area contributed by atoms with Gasteiger partial charge in [-0.15, -0.1) is 0 Å². The lowest BCUT2D eigenvalue weighted by Crippen LogP contribution is -2.44. The van der Waals surface area contributed by atoms with Gasteiger partial charge in [0.25, 0.3) is 0 Å². The van der Waals surface area contributed by atoms with Crippen molar-refractivity contribution < 1.29 is 9.59 Å². The molecule has 1 aliphatic heterocycles. The maximum absolute atomic E-state index is 12.8. The van der Waals surface area contributed by atoms with Crippen LogP contribution in [-0.4, -0.2) is 41.8 Å². The SMILES string of the molecule is CC(c1ccc(Cl)cc1)N(C)C(=O)C1CCN(C(=O)C2CC2)CC1. The number of hydrogen-bond acceptors (Lipinski definition) is 2. The molecule has 3 rings (SSSR count). The van der Waals surface area contributed by atoms with E-state index in [1.165, 1.54) is 0 Å². The summed E-state index contributed by atoms with van der Waals surface area (Å²) >= 11 is 5.93. The van der Waals surface area contributed by atoms with Gasteiger partial charge in [0.05, 0.1) is 6.04 Å². The van der Waals surface area contributed by atoms with E-state index in [0.29, 0.717) is 10.9 Å². The lowest BCUT2D eigenvalue weighted by molar-refractivity contribution is -0.141. The first kappa shape index (κ1) is 17.3. The van der Waals surface area contributed by atoms with Gasteiger partial charge in [-0.05, 0) is 50.3 Å². The molecule has 1 atom stereocenters. The summed E-state index contributed by atoms with van der Waals surface area (Å²) in [4.78, 5) is 28.7. The quantitative estimate of drug-likeness (QED) is 0.835. The van der Waals surface area contributed by atoms with Gasteiger partial charge >= 0.3 is 0 Å². The third-order valence-electron chi connectivity index (χ3n) is 5.36. The molecule has 1 aromatic carbocycles. The van der Waals surface area contributed by atoms with Crippen molar-refractivity contribution in [3.05, 3.63) is 34.9 Å². The fraction of sp³-hybridized carbons (Fsp3) is 0.579. The van der Waals surface area contributed by atoms with Crippen LogP contribution in [0.1, 0.15) is 44.2 Å². The van der Waals surface area contributed by atoms with E-state index < -0.39 is 0 Å². The predicted molar refractivity (Wildman–Crippen MR) is 94.7 cm³/mol. The second-order valence-corrected chi connectivity index (χ2v) is 7.49. The van der Waals surface area contributed by atoms with Crippen molar-refractivity contribution in [2.24, 2.45) is 11.8 Å². The highest BCUT2D eigenvalue weighted by molar-refractivity contribution is 6.30. The summed E-state index contributed by atoms with van der Waals surface area (Å²) in [5.41, 5.74) is 1.08. The lowest BCUT2D eigenvalue weighted by atomic mass is 9.94. The van der Waals surface area contributed by atoms with Crippen LogP contribution in [0.3, 0.4) is 0 Å². The highest BCUT2D eigenvalue weighted by Gasteiger charge is 2.36. The molecular weight excluding hydrogens is 324 g/mol. The summed E-state index contributed by atoms with van der Waals surface area (Å²) in [6.07, 6.45) is 3.63. The second-order valence-electron chi connectivity index (χ2n) is 7.05. The lowest BCUT2D eigenvalue weighted by Gasteiger charge is -2.35. The Hall–Kier alpha value is -1.55. The Labute approximate surface area is 148 Å². The molecule has 4 nitrogen and oxygen atoms in total. The molecule has 0 radical (unpaired) electrons. The Bertz CT molecular complexity index is 604. The molecule has 2 aliphatic rings. The number of halogens is 1. The average molecular weight is 349 g/mol. The van der Waals surface area contributed by atoms with Gasteiger partial charge in [0, 0.05) is 37.0 Å². The van der Waals surface area contributed by atoms with Crippen LogP contribution in [-0.2, 0) is 9.59 Å². The first-order valence-electron chi connectivity index (χ1n) is 8.78. The van der Waals surface area contributed by atoms with E-state index in [9.17, 15) is 9.59 Å². The number of hydrogen-bond donors (Lipinski definition) is 0. The van der Waals surface area contributed by atoms with E-state index in [1.807, 2.05) is 48.0 Å². The van der Waals surface area contributed by atoms with Crippen molar-refractivity contribution in [3.8, 4) is 0 Å². The summed E-state index contributed by atoms with van der Waals surface area (Å²) in [7, 11) is 1.86. The maximum atomic E-state index is 12.8. The molecule has 5 heteroatoms. The minimum atomic E-state index is 0.0147. The van der Waals surface area contributed by atoms with E-state index in [0.717, 1.165) is 44.3 Å². The predicted octanol–water partition coefficient (Wildman–Crippen LogP) is 3.51. The van der Waals surface area contributed by atoms with Crippen LogP contribution >= 0.6 is 11.6 Å². The highest BCUT2D eigenvalue weighted by atomic mass is 35.5. The van der Waals surface area contributed by atoms with Crippen molar-refractivity contribution in [2.45, 2.75) is 38.6 Å². The topological polar surface area (TPSA) is 40.6 Å². The fourth-order valence-corrected chi connectivity index (χ4v) is 3.51. The Morgan fingerprint density at radius 2 is 1.67 bits per heavy atom. The van der Waals surface area contributed by atoms with E-state index in [-0.39, 0.29) is 23.8 Å². The molecule has 1 aromatic rings. The molecule has 0 bridgehead atoms. The van der Waals surface area contributed by atoms with Gasteiger partial charge < -0.3 is 9.80 Å². The zero-order valence-corrected chi connectivity index (χ0v) is 15.1. The van der Waals surface area contributed by atoms with Gasteiger partial charge in [-0.3, -0.25) is 9.59 Å². The molecule has 0 spiro atoms. The Morgan fingerprint density at radius 1 is 1.08 bits per heavy atom. The summed E-state index contributed by atoms with van der Waals surface area (Å²) in [5.74, 6) is 0.762. The third kappa shape index (κ3) is 3.75. The zero-order chi connectivity index (χ0) is 17.3. The zero-order valence-electron chi connectivity index (χ0n) is 14.4. The van der Waals surface area contributed by atoms with Gasteiger partial charge in [0.1, 0.15) is 0 Å². The largest absolute Gasteiger partial charge is 0.342 e. The number of nitrogens with zero attached hydrogens (tertiary/aromatic N) is 2. The van der Waals surface area contributed by atoms with Crippen LogP contribution in [0.15, 0.2) is 24.3 Å². The standard InChI is InChI=1S/C19H25ClN2O2/c1-13(14-5-7-17(20)8-6-14)21(2)18(23)16-9-11-22(12-10-16)19(24)15-3-4-15/h5-8,13,15-16H,3-4,9-12H2,1-2H3. The highest BCUT2D eigenvalue weighted by Crippen LogP contribution is 2.33. The van der Waals surface area contributed by atoms with Crippen molar-refractivity contribution in [2.75, 3.05) is 20.1 Å². The van der Waals surface area contributed by atoms with Crippen LogP contribution in [0.2, 0.25) is 5.02 Å². The summed E-state index contributed by atoms with van der Waals surface area (Å²) in [6.45, 7) is 3.47. The van der Waals surface area contributed by atoms with Crippen LogP contribution in [0, 0.1) is 11.8 Å². The Morgan fingerprint density at radius 3 is 2.21 bits per heavy atom. The van der Waals surface area contributed by atoms with Crippen LogP contribution in [0.5, 0.6) is 0 Å². The molecule has 1 aliphatic carbocycles. The first-order chi connectivity index (χ1) is 11.5. The van der Waals surface area contributed by atoms with Gasteiger partial charge in [0.2, 0.25) is 11.8 Å². The van der Waals surface area contributed by atoms with E-state index >= 15 is 0 Å². The number of amides is 2. The summed E-state index contributed by atoms with van der Waals surface area (Å²) in [6, 6.07) is 7.66. The van der Waals surface area contributed by atoms with Crippen LogP contribution < -0.4 is 0 Å². The number of piperidine rings is 1. The number of benzene rings is 1. The van der Waals surface area contributed by atoms with Crippen LogP contribution in [0.25, 0.3) is 0 Å². The Kier molecular flexibility index (Phi) is 5.14. The monoisotopic (exact) mass is 348 g/mol. The maximum Gasteiger partial charge on any atom is 0.226 e. The van der Waals surface area contributed by atoms with Gasteiger partial charge in [-0.1, -0.05) is 23.7 Å². The van der Waals surface area contributed by atoms with Crippen molar-refractivity contribution >= 4 is 23.4 Å². The van der Waals surface area contributed by atoms with Gasteiger partial charge in [0.15, 0.2) is 0 Å². The Balaban J connectivity index is 1.55. The van der Waals surface area contributed by atoms with E-state index in [2.05, 4.69) is 0 Å². The number of rotatable bonds is 4. The first-order valence-corrected chi connectivity index (χ1v) is 9.16. The minimum Gasteiger partial charge on any atom is -0.342 e. The van der Waals surface area contributed by atoms with E-state index in [4.69, 9.17) is 11.6 Å². The van der Waals surface area contributed by atoms with Gasteiger partial charge in [-0.25, -0.2) is 0 Å². The molecule has 0 aromatic heterocycles. The molecule has 1 unspecified atom stereocenters. The fourth-order valence-electron chi connectivity index (χ4n) is 3.38. The normalized spacial score (nSPS) is 19.9. The number of carbonyl (C=O) groups excluding carboxylic acids is 2. The van der Waals surface area contributed by atoms with Crippen LogP contribution in [0.4, 0.5) is 0 Å². The van der Waals surface area contributed by atoms with Gasteiger partial charge in [-0.2, -0.15) is 0 Å². The number of carbonyl (C=O) groups is 2. The molecule has 2 fully saturated rings. The molecule has 24 heavy (non-hydrogen) atoms. The third-order valence-corrected chi connectivity index (χ3v) is 5.62. The molecule has 1 heterocycles. The molecule has 1 saturated heterocycles. The molecular formula is C19H25ClN2O2. The van der Waals surface area contributed by atoms with Crippen molar-refractivity contribution in [3.63, 3.8) is 0 Å².